The van der Waals surface area contributed by atoms with Gasteiger partial charge in [0.05, 0.1) is 23.5 Å². The molecular formula is C23H17FN6O2. The summed E-state index contributed by atoms with van der Waals surface area (Å²) in [6, 6.07) is 16.7. The van der Waals surface area contributed by atoms with Crippen LogP contribution in [0.3, 0.4) is 0 Å². The van der Waals surface area contributed by atoms with Gasteiger partial charge in [0, 0.05) is 6.54 Å². The van der Waals surface area contributed by atoms with Crippen LogP contribution in [0.2, 0.25) is 0 Å². The van der Waals surface area contributed by atoms with Crippen LogP contribution in [0.5, 0.6) is 0 Å². The SMILES string of the molecule is Nc1c(C(=O)NCc2ccc(F)cc2)c2nc3ccccc3nc2n1/N=C\c1ccco1. The number of nitrogens with zero attached hydrogens (tertiary/aromatic N) is 4. The van der Waals surface area contributed by atoms with E-state index in [1.165, 1.54) is 29.3 Å². The Kier molecular flexibility index (Phi) is 4.83. The van der Waals surface area contributed by atoms with E-state index in [1.807, 2.05) is 24.3 Å². The largest absolute Gasteiger partial charge is 0.463 e. The monoisotopic (exact) mass is 428 g/mol. The van der Waals surface area contributed by atoms with Crippen LogP contribution in [-0.2, 0) is 6.54 Å². The molecule has 1 amide bonds. The fourth-order valence-electron chi connectivity index (χ4n) is 3.34. The second-order valence-electron chi connectivity index (χ2n) is 7.03. The smallest absolute Gasteiger partial charge is 0.257 e. The number of hydrogen-bond donors (Lipinski definition) is 2. The van der Waals surface area contributed by atoms with Crippen LogP contribution in [0.1, 0.15) is 21.7 Å². The average Bonchev–Trinajstić information content (AvgIpc) is 3.41. The molecule has 3 aromatic heterocycles. The fourth-order valence-corrected chi connectivity index (χ4v) is 3.34. The maximum absolute atomic E-state index is 13.1. The number of benzene rings is 2. The number of rotatable bonds is 5. The van der Waals surface area contributed by atoms with E-state index in [0.717, 1.165) is 5.56 Å². The molecule has 0 fully saturated rings. The van der Waals surface area contributed by atoms with Gasteiger partial charge < -0.3 is 15.5 Å². The lowest BCUT2D eigenvalue weighted by Gasteiger charge is -2.05. The molecule has 2 aromatic carbocycles. The Labute approximate surface area is 181 Å². The zero-order valence-corrected chi connectivity index (χ0v) is 16.7. The van der Waals surface area contributed by atoms with Crippen molar-refractivity contribution >= 4 is 40.1 Å². The molecule has 158 valence electrons. The first-order valence-corrected chi connectivity index (χ1v) is 9.77. The summed E-state index contributed by atoms with van der Waals surface area (Å²) in [5.41, 5.74) is 9.18. The third-order valence-corrected chi connectivity index (χ3v) is 4.91. The molecule has 8 nitrogen and oxygen atoms in total. The van der Waals surface area contributed by atoms with Crippen LogP contribution in [0.25, 0.3) is 22.2 Å². The van der Waals surface area contributed by atoms with E-state index < -0.39 is 5.91 Å². The average molecular weight is 428 g/mol. The van der Waals surface area contributed by atoms with Crippen molar-refractivity contribution in [3.05, 3.63) is 89.6 Å². The van der Waals surface area contributed by atoms with Gasteiger partial charge in [-0.15, -0.1) is 0 Å². The molecule has 0 saturated heterocycles. The number of hydrogen-bond acceptors (Lipinski definition) is 6. The molecule has 0 aliphatic carbocycles. The summed E-state index contributed by atoms with van der Waals surface area (Å²) < 4.78 is 19.8. The number of anilines is 1. The van der Waals surface area contributed by atoms with Gasteiger partial charge in [-0.3, -0.25) is 4.79 Å². The molecule has 0 atom stereocenters. The highest BCUT2D eigenvalue weighted by atomic mass is 19.1. The Morgan fingerprint density at radius 2 is 1.84 bits per heavy atom. The number of carbonyl (C=O) groups excluding carboxylic acids is 1. The van der Waals surface area contributed by atoms with Crippen molar-refractivity contribution in [1.29, 1.82) is 0 Å². The number of amides is 1. The second-order valence-corrected chi connectivity index (χ2v) is 7.03. The van der Waals surface area contributed by atoms with Crippen molar-refractivity contribution in [3.63, 3.8) is 0 Å². The number of aromatic nitrogens is 3. The number of nitrogens with one attached hydrogen (secondary N) is 1. The minimum absolute atomic E-state index is 0.0923. The first-order valence-electron chi connectivity index (χ1n) is 9.77. The van der Waals surface area contributed by atoms with Gasteiger partial charge in [-0.1, -0.05) is 24.3 Å². The normalized spacial score (nSPS) is 11.5. The zero-order valence-electron chi connectivity index (χ0n) is 16.7. The van der Waals surface area contributed by atoms with Crippen molar-refractivity contribution in [2.75, 3.05) is 5.73 Å². The highest BCUT2D eigenvalue weighted by Crippen LogP contribution is 2.28. The van der Waals surface area contributed by atoms with E-state index in [2.05, 4.69) is 20.4 Å². The standard InChI is InChI=1S/C23H17FN6O2/c24-15-9-7-14(8-10-15)12-26-23(31)19-20-22(29-18-6-2-1-5-17(18)28-20)30(21(19)25)27-13-16-4-3-11-32-16/h1-11,13H,12,25H2,(H,26,31)/b27-13-. The van der Waals surface area contributed by atoms with Crippen molar-refractivity contribution in [3.8, 4) is 0 Å². The van der Waals surface area contributed by atoms with Crippen LogP contribution in [0.15, 0.2) is 76.4 Å². The predicted octanol–water partition coefficient (Wildman–Crippen LogP) is 3.71. The number of nitrogen functional groups attached to an aromatic ring is 1. The van der Waals surface area contributed by atoms with E-state index in [4.69, 9.17) is 10.2 Å². The summed E-state index contributed by atoms with van der Waals surface area (Å²) in [6.45, 7) is 0.196. The number of nitrogens with two attached hydrogens (primary N) is 1. The van der Waals surface area contributed by atoms with Crippen molar-refractivity contribution in [1.82, 2.24) is 20.0 Å². The first-order chi connectivity index (χ1) is 15.6. The Morgan fingerprint density at radius 1 is 1.09 bits per heavy atom. The molecule has 9 heteroatoms. The lowest BCUT2D eigenvalue weighted by Crippen LogP contribution is -2.23. The van der Waals surface area contributed by atoms with Gasteiger partial charge in [0.15, 0.2) is 5.65 Å². The minimum atomic E-state index is -0.437. The summed E-state index contributed by atoms with van der Waals surface area (Å²) in [4.78, 5) is 22.3. The Balaban J connectivity index is 1.58. The summed E-state index contributed by atoms with van der Waals surface area (Å²) >= 11 is 0. The van der Waals surface area contributed by atoms with Crippen LogP contribution in [0.4, 0.5) is 10.2 Å². The van der Waals surface area contributed by atoms with Gasteiger partial charge in [-0.05, 0) is 42.0 Å². The molecule has 0 aliphatic rings. The van der Waals surface area contributed by atoms with Crippen molar-refractivity contribution in [2.45, 2.75) is 6.54 Å². The molecule has 3 heterocycles. The van der Waals surface area contributed by atoms with Gasteiger partial charge in [-0.25, -0.2) is 14.4 Å². The molecule has 5 rings (SSSR count). The van der Waals surface area contributed by atoms with Crippen LogP contribution < -0.4 is 11.1 Å². The Morgan fingerprint density at radius 3 is 2.56 bits per heavy atom. The highest BCUT2D eigenvalue weighted by molar-refractivity contribution is 6.10. The maximum Gasteiger partial charge on any atom is 0.257 e. The maximum atomic E-state index is 13.1. The third-order valence-electron chi connectivity index (χ3n) is 4.91. The zero-order chi connectivity index (χ0) is 22.1. The molecule has 0 spiro atoms. The molecule has 5 aromatic rings. The summed E-state index contributed by atoms with van der Waals surface area (Å²) in [5, 5.41) is 7.17. The Hall–Kier alpha value is -4.53. The van der Waals surface area contributed by atoms with E-state index in [1.54, 1.807) is 24.3 Å². The number of fused-ring (bicyclic) bond motifs is 2. The van der Waals surface area contributed by atoms with E-state index in [9.17, 15) is 9.18 Å². The van der Waals surface area contributed by atoms with Crippen LogP contribution in [0, 0.1) is 5.82 Å². The highest BCUT2D eigenvalue weighted by Gasteiger charge is 2.24. The number of para-hydroxylation sites is 2. The van der Waals surface area contributed by atoms with Gasteiger partial charge >= 0.3 is 0 Å². The van der Waals surface area contributed by atoms with Crippen LogP contribution in [-0.4, -0.2) is 26.8 Å². The molecule has 0 unspecified atom stereocenters. The number of halogens is 1. The quantitative estimate of drug-likeness (QED) is 0.415. The van der Waals surface area contributed by atoms with E-state index in [0.29, 0.717) is 28.0 Å². The minimum Gasteiger partial charge on any atom is -0.463 e. The predicted molar refractivity (Wildman–Crippen MR) is 119 cm³/mol. The summed E-state index contributed by atoms with van der Waals surface area (Å²) in [7, 11) is 0. The van der Waals surface area contributed by atoms with E-state index in [-0.39, 0.29) is 23.7 Å². The van der Waals surface area contributed by atoms with Crippen LogP contribution >= 0.6 is 0 Å². The number of furan rings is 1. The lowest BCUT2D eigenvalue weighted by atomic mass is 10.2. The topological polar surface area (TPSA) is 111 Å². The van der Waals surface area contributed by atoms with Gasteiger partial charge in [0.1, 0.15) is 28.5 Å². The third kappa shape index (κ3) is 3.56. The summed E-state index contributed by atoms with van der Waals surface area (Å²) in [5.74, 6) is -0.172. The second kappa shape index (κ2) is 7.95. The fraction of sp³-hybridized carbons (Fsp3) is 0.0435. The van der Waals surface area contributed by atoms with Gasteiger partial charge in [0.2, 0.25) is 0 Å². The lowest BCUT2D eigenvalue weighted by molar-refractivity contribution is 0.0953. The Bertz CT molecular complexity index is 1460. The molecular weight excluding hydrogens is 411 g/mol. The number of carbonyl (C=O) groups is 1. The van der Waals surface area contributed by atoms with Crippen molar-refractivity contribution in [2.24, 2.45) is 5.10 Å². The van der Waals surface area contributed by atoms with Gasteiger partial charge in [0.25, 0.3) is 5.91 Å². The summed E-state index contributed by atoms with van der Waals surface area (Å²) in [6.07, 6.45) is 3.01. The van der Waals surface area contributed by atoms with E-state index >= 15 is 0 Å². The van der Waals surface area contributed by atoms with Crippen molar-refractivity contribution < 1.29 is 13.6 Å². The molecule has 3 N–H and O–H groups in total. The molecule has 32 heavy (non-hydrogen) atoms. The molecule has 0 bridgehead atoms. The molecule has 0 saturated carbocycles. The molecule has 0 radical (unpaired) electrons. The molecule has 0 aliphatic heterocycles. The first kappa shape index (κ1) is 19.4. The van der Waals surface area contributed by atoms with Gasteiger partial charge in [-0.2, -0.15) is 9.78 Å².